The van der Waals surface area contributed by atoms with Gasteiger partial charge in [-0.3, -0.25) is 0 Å². The highest BCUT2D eigenvalue weighted by Crippen LogP contribution is 2.30. The summed E-state index contributed by atoms with van der Waals surface area (Å²) in [5.41, 5.74) is 0. The molecule has 0 aliphatic carbocycles. The molecule has 0 radical (unpaired) electrons. The van der Waals surface area contributed by atoms with Crippen LogP contribution in [0.5, 0.6) is 0 Å². The van der Waals surface area contributed by atoms with Gasteiger partial charge in [0.1, 0.15) is 0 Å². The lowest BCUT2D eigenvalue weighted by molar-refractivity contribution is 0.174. The molecule has 3 unspecified atom stereocenters. The van der Waals surface area contributed by atoms with Gasteiger partial charge in [-0.2, -0.15) is 17.0 Å². The number of piperidine rings is 2. The smallest absolute Gasteiger partial charge is 0.195 e. The Morgan fingerprint density at radius 2 is 1.74 bits per heavy atom. The second kappa shape index (κ2) is 6.29. The average molecular weight is 309 g/mol. The summed E-state index contributed by atoms with van der Waals surface area (Å²) in [4.78, 5) is 0. The second-order valence-electron chi connectivity index (χ2n) is 5.89. The first-order valence-corrected chi connectivity index (χ1v) is 9.26. The van der Waals surface area contributed by atoms with Gasteiger partial charge in [0.05, 0.1) is 0 Å². The van der Waals surface area contributed by atoms with Crippen LogP contribution in [0, 0.1) is 5.92 Å². The van der Waals surface area contributed by atoms with Gasteiger partial charge in [0.15, 0.2) is 0 Å². The zero-order chi connectivity index (χ0) is 14.0. The van der Waals surface area contributed by atoms with Gasteiger partial charge in [-0.25, -0.2) is 0 Å². The number of alkyl halides is 1. The summed E-state index contributed by atoms with van der Waals surface area (Å²) in [5, 5.41) is 0. The van der Waals surface area contributed by atoms with E-state index in [1.54, 1.807) is 8.61 Å². The molecule has 2 rings (SSSR count). The van der Waals surface area contributed by atoms with Gasteiger partial charge >= 0.3 is 0 Å². The summed E-state index contributed by atoms with van der Waals surface area (Å²) < 4.78 is 29.1. The Bertz CT molecular complexity index is 387. The van der Waals surface area contributed by atoms with Crippen molar-refractivity contribution in [1.82, 2.24) is 8.61 Å². The van der Waals surface area contributed by atoms with E-state index >= 15 is 0 Å². The van der Waals surface area contributed by atoms with E-state index < -0.39 is 10.2 Å². The van der Waals surface area contributed by atoms with Crippen molar-refractivity contribution in [3.05, 3.63) is 0 Å². The molecule has 2 heterocycles. The highest BCUT2D eigenvalue weighted by atomic mass is 35.5. The third-order valence-corrected chi connectivity index (χ3v) is 7.20. The van der Waals surface area contributed by atoms with Crippen molar-refractivity contribution in [3.8, 4) is 0 Å². The summed E-state index contributed by atoms with van der Waals surface area (Å²) in [7, 11) is -3.35. The lowest BCUT2D eigenvalue weighted by Crippen LogP contribution is -2.56. The first kappa shape index (κ1) is 15.5. The molecule has 0 bridgehead atoms. The molecule has 0 N–H and O–H groups in total. The third kappa shape index (κ3) is 3.09. The van der Waals surface area contributed by atoms with E-state index in [9.17, 15) is 8.42 Å². The Morgan fingerprint density at radius 3 is 2.42 bits per heavy atom. The zero-order valence-electron chi connectivity index (χ0n) is 11.9. The van der Waals surface area contributed by atoms with Gasteiger partial charge in [-0.15, -0.1) is 11.6 Å². The lowest BCUT2D eigenvalue weighted by Gasteiger charge is -2.42. The van der Waals surface area contributed by atoms with Crippen molar-refractivity contribution in [2.45, 2.75) is 58.0 Å². The Kier molecular flexibility index (Phi) is 5.15. The molecule has 2 aliphatic rings. The minimum absolute atomic E-state index is 0.0233. The summed E-state index contributed by atoms with van der Waals surface area (Å²) >= 11 is 5.96. The van der Waals surface area contributed by atoms with E-state index in [1.165, 1.54) is 0 Å². The van der Waals surface area contributed by atoms with Crippen molar-refractivity contribution in [2.75, 3.05) is 19.0 Å². The standard InChI is InChI=1S/C13H25ClN2O2S/c1-11-6-5-9-15(12(11)2)19(17,18)16-8-4-3-7-13(16)10-14/h11-13H,3-10H2,1-2H3. The monoisotopic (exact) mass is 308 g/mol. The van der Waals surface area contributed by atoms with Gasteiger partial charge in [0.25, 0.3) is 10.2 Å². The van der Waals surface area contributed by atoms with E-state index in [-0.39, 0.29) is 12.1 Å². The van der Waals surface area contributed by atoms with E-state index in [0.29, 0.717) is 24.9 Å². The molecule has 0 aromatic carbocycles. The topological polar surface area (TPSA) is 40.6 Å². The van der Waals surface area contributed by atoms with Crippen LogP contribution in [-0.4, -0.2) is 48.1 Å². The van der Waals surface area contributed by atoms with Crippen LogP contribution in [0.4, 0.5) is 0 Å². The fourth-order valence-electron chi connectivity index (χ4n) is 3.19. The first-order chi connectivity index (χ1) is 8.98. The number of hydrogen-bond acceptors (Lipinski definition) is 2. The minimum Gasteiger partial charge on any atom is -0.195 e. The third-order valence-electron chi connectivity index (χ3n) is 4.66. The van der Waals surface area contributed by atoms with Crippen LogP contribution in [0.15, 0.2) is 0 Å². The highest BCUT2D eigenvalue weighted by Gasteiger charge is 2.40. The van der Waals surface area contributed by atoms with Crippen molar-refractivity contribution in [1.29, 1.82) is 0 Å². The fraction of sp³-hybridized carbons (Fsp3) is 1.00. The zero-order valence-corrected chi connectivity index (χ0v) is 13.5. The normalized spacial score (nSPS) is 35.4. The van der Waals surface area contributed by atoms with Crippen LogP contribution in [0.2, 0.25) is 0 Å². The largest absolute Gasteiger partial charge is 0.282 e. The van der Waals surface area contributed by atoms with Gasteiger partial charge in [-0.05, 0) is 38.5 Å². The molecule has 0 aromatic heterocycles. The van der Waals surface area contributed by atoms with E-state index in [2.05, 4.69) is 6.92 Å². The number of hydrogen-bond donors (Lipinski definition) is 0. The predicted molar refractivity (Wildman–Crippen MR) is 78.6 cm³/mol. The Hall–Kier alpha value is 0.160. The molecule has 2 fully saturated rings. The molecule has 19 heavy (non-hydrogen) atoms. The van der Waals surface area contributed by atoms with Crippen LogP contribution in [0.3, 0.4) is 0 Å². The van der Waals surface area contributed by atoms with Gasteiger partial charge in [-0.1, -0.05) is 13.3 Å². The molecule has 2 aliphatic heterocycles. The number of nitrogens with zero attached hydrogens (tertiary/aromatic N) is 2. The van der Waals surface area contributed by atoms with E-state index in [0.717, 1.165) is 32.1 Å². The van der Waals surface area contributed by atoms with Crippen LogP contribution in [0.1, 0.15) is 46.0 Å². The highest BCUT2D eigenvalue weighted by molar-refractivity contribution is 7.86. The van der Waals surface area contributed by atoms with Crippen LogP contribution in [0.25, 0.3) is 0 Å². The molecule has 6 heteroatoms. The van der Waals surface area contributed by atoms with Crippen LogP contribution >= 0.6 is 11.6 Å². The summed E-state index contributed by atoms with van der Waals surface area (Å²) in [6, 6.07) is 0.0708. The number of rotatable bonds is 3. The van der Waals surface area contributed by atoms with Gasteiger partial charge < -0.3 is 0 Å². The molecule has 4 nitrogen and oxygen atoms in total. The molecule has 2 saturated heterocycles. The maximum Gasteiger partial charge on any atom is 0.282 e. The summed E-state index contributed by atoms with van der Waals surface area (Å²) in [6.45, 7) is 5.44. The molecule has 0 amide bonds. The van der Waals surface area contributed by atoms with Crippen LogP contribution < -0.4 is 0 Å². The first-order valence-electron chi connectivity index (χ1n) is 7.33. The number of halogens is 1. The summed E-state index contributed by atoms with van der Waals surface area (Å²) in [6.07, 6.45) is 5.00. The van der Waals surface area contributed by atoms with E-state index in [4.69, 9.17) is 11.6 Å². The van der Waals surface area contributed by atoms with Gasteiger partial charge in [0.2, 0.25) is 0 Å². The van der Waals surface area contributed by atoms with Crippen molar-refractivity contribution < 1.29 is 8.42 Å². The summed E-state index contributed by atoms with van der Waals surface area (Å²) in [5.74, 6) is 0.833. The minimum atomic E-state index is -3.35. The Morgan fingerprint density at radius 1 is 1.05 bits per heavy atom. The molecule has 112 valence electrons. The maximum atomic E-state index is 12.9. The van der Waals surface area contributed by atoms with Crippen molar-refractivity contribution >= 4 is 21.8 Å². The Balaban J connectivity index is 2.20. The predicted octanol–water partition coefficient (Wildman–Crippen LogP) is 2.44. The molecule has 0 spiro atoms. The maximum absolute atomic E-state index is 12.9. The molecular formula is C13H25ClN2O2S. The average Bonchev–Trinajstić information content (AvgIpc) is 2.41. The SMILES string of the molecule is CC1CCCN(S(=O)(=O)N2CCCCC2CCl)C1C. The second-order valence-corrected chi connectivity index (χ2v) is 8.04. The van der Waals surface area contributed by atoms with Crippen molar-refractivity contribution in [2.24, 2.45) is 5.92 Å². The molecular weight excluding hydrogens is 284 g/mol. The lowest BCUT2D eigenvalue weighted by atomic mass is 9.94. The van der Waals surface area contributed by atoms with Crippen molar-refractivity contribution in [3.63, 3.8) is 0 Å². The van der Waals surface area contributed by atoms with Gasteiger partial charge in [0, 0.05) is 31.1 Å². The molecule has 0 saturated carbocycles. The van der Waals surface area contributed by atoms with E-state index in [1.807, 2.05) is 6.92 Å². The fourth-order valence-corrected chi connectivity index (χ4v) is 5.77. The molecule has 3 atom stereocenters. The Labute approximate surface area is 122 Å². The van der Waals surface area contributed by atoms with Crippen LogP contribution in [-0.2, 0) is 10.2 Å². The molecule has 0 aromatic rings. The quantitative estimate of drug-likeness (QED) is 0.751.